The van der Waals surface area contributed by atoms with Crippen molar-refractivity contribution in [2.75, 3.05) is 7.11 Å². The maximum atomic E-state index is 5.73. The average molecular weight is 233 g/mol. The fraction of sp³-hybridized carbons (Fsp3) is 0.333. The minimum Gasteiger partial charge on any atom is -0.496 e. The van der Waals surface area contributed by atoms with E-state index in [2.05, 4.69) is 6.58 Å². The molecule has 0 saturated heterocycles. The lowest BCUT2D eigenvalue weighted by molar-refractivity contribution is 0.409. The number of rotatable bonds is 4. The standard InChI is InChI=1S/C13H17NO.C2H6/c1-4-10(5-2)11-7-6-8-13(15-3)12(11)9-14;1-2/h4-8H,1,9,14H2,2-3H3;1-2H3/b10-5+;. The van der Waals surface area contributed by atoms with E-state index >= 15 is 0 Å². The summed E-state index contributed by atoms with van der Waals surface area (Å²) in [4.78, 5) is 0. The van der Waals surface area contributed by atoms with Crippen LogP contribution >= 0.6 is 0 Å². The third-order valence-electron chi connectivity index (χ3n) is 2.40. The Morgan fingerprint density at radius 1 is 1.41 bits per heavy atom. The topological polar surface area (TPSA) is 35.2 Å². The normalized spacial score (nSPS) is 10.3. The van der Waals surface area contributed by atoms with E-state index in [9.17, 15) is 0 Å². The second-order valence-corrected chi connectivity index (χ2v) is 3.14. The third kappa shape index (κ3) is 3.75. The Kier molecular flexibility index (Phi) is 7.82. The molecule has 0 bridgehead atoms. The van der Waals surface area contributed by atoms with Gasteiger partial charge >= 0.3 is 0 Å². The highest BCUT2D eigenvalue weighted by molar-refractivity contribution is 5.76. The largest absolute Gasteiger partial charge is 0.496 e. The monoisotopic (exact) mass is 233 g/mol. The van der Waals surface area contributed by atoms with Crippen molar-refractivity contribution < 1.29 is 4.74 Å². The first-order valence-electron chi connectivity index (χ1n) is 5.93. The van der Waals surface area contributed by atoms with Crippen LogP contribution in [-0.2, 0) is 6.54 Å². The highest BCUT2D eigenvalue weighted by atomic mass is 16.5. The summed E-state index contributed by atoms with van der Waals surface area (Å²) in [5.74, 6) is 0.830. The second kappa shape index (κ2) is 8.59. The third-order valence-corrected chi connectivity index (χ3v) is 2.40. The molecular formula is C15H23NO. The summed E-state index contributed by atoms with van der Waals surface area (Å²) in [6, 6.07) is 5.91. The maximum Gasteiger partial charge on any atom is 0.123 e. The van der Waals surface area contributed by atoms with E-state index < -0.39 is 0 Å². The van der Waals surface area contributed by atoms with Crippen LogP contribution in [0.15, 0.2) is 36.9 Å². The van der Waals surface area contributed by atoms with Gasteiger partial charge < -0.3 is 10.5 Å². The molecule has 17 heavy (non-hydrogen) atoms. The fourth-order valence-corrected chi connectivity index (χ4v) is 1.62. The van der Waals surface area contributed by atoms with Gasteiger partial charge in [-0.1, -0.05) is 44.7 Å². The lowest BCUT2D eigenvalue weighted by Crippen LogP contribution is -2.03. The summed E-state index contributed by atoms with van der Waals surface area (Å²) in [5, 5.41) is 0. The van der Waals surface area contributed by atoms with Gasteiger partial charge in [0.2, 0.25) is 0 Å². The fourth-order valence-electron chi connectivity index (χ4n) is 1.62. The number of hydrogen-bond acceptors (Lipinski definition) is 2. The summed E-state index contributed by atoms with van der Waals surface area (Å²) in [6.45, 7) is 10.2. The smallest absolute Gasteiger partial charge is 0.123 e. The Balaban J connectivity index is 0.00000121. The van der Waals surface area contributed by atoms with Crippen molar-refractivity contribution >= 4 is 5.57 Å². The van der Waals surface area contributed by atoms with Gasteiger partial charge in [-0.2, -0.15) is 0 Å². The quantitative estimate of drug-likeness (QED) is 0.803. The molecule has 2 heteroatoms. The molecule has 0 unspecified atom stereocenters. The molecule has 0 atom stereocenters. The molecule has 0 amide bonds. The van der Waals surface area contributed by atoms with Gasteiger partial charge in [-0.25, -0.2) is 0 Å². The van der Waals surface area contributed by atoms with Crippen LogP contribution in [0, 0.1) is 0 Å². The van der Waals surface area contributed by atoms with Crippen molar-refractivity contribution in [3.63, 3.8) is 0 Å². The molecule has 0 fully saturated rings. The summed E-state index contributed by atoms with van der Waals surface area (Å²) in [5.41, 5.74) is 8.92. The zero-order valence-corrected chi connectivity index (χ0v) is 11.3. The van der Waals surface area contributed by atoms with Gasteiger partial charge in [0.05, 0.1) is 7.11 Å². The maximum absolute atomic E-state index is 5.73. The molecule has 0 heterocycles. The molecule has 0 saturated carbocycles. The van der Waals surface area contributed by atoms with Crippen LogP contribution < -0.4 is 10.5 Å². The summed E-state index contributed by atoms with van der Waals surface area (Å²) in [7, 11) is 1.65. The molecular weight excluding hydrogens is 210 g/mol. The molecule has 1 aromatic carbocycles. The Hall–Kier alpha value is -1.54. The lowest BCUT2D eigenvalue weighted by atomic mass is 9.98. The minimum atomic E-state index is 0.463. The van der Waals surface area contributed by atoms with Gasteiger partial charge in [0.1, 0.15) is 5.75 Å². The van der Waals surface area contributed by atoms with E-state index in [1.807, 2.05) is 51.1 Å². The highest BCUT2D eigenvalue weighted by Gasteiger charge is 2.08. The van der Waals surface area contributed by atoms with Crippen LogP contribution in [0.3, 0.4) is 0 Å². The SMILES string of the molecule is C=C/C(=C\C)c1cccc(OC)c1CN.CC. The zero-order valence-electron chi connectivity index (χ0n) is 11.3. The number of nitrogens with two attached hydrogens (primary N) is 1. The highest BCUT2D eigenvalue weighted by Crippen LogP contribution is 2.27. The van der Waals surface area contributed by atoms with Crippen LogP contribution in [0.1, 0.15) is 31.9 Å². The molecule has 0 aliphatic rings. The van der Waals surface area contributed by atoms with Gasteiger partial charge in [0.15, 0.2) is 0 Å². The summed E-state index contributed by atoms with van der Waals surface area (Å²) < 4.78 is 5.27. The number of methoxy groups -OCH3 is 1. The van der Waals surface area contributed by atoms with Gasteiger partial charge in [-0.15, -0.1) is 0 Å². The van der Waals surface area contributed by atoms with Crippen LogP contribution in [0.25, 0.3) is 5.57 Å². The van der Waals surface area contributed by atoms with Crippen molar-refractivity contribution in [1.82, 2.24) is 0 Å². The first-order chi connectivity index (χ1) is 8.28. The molecule has 2 N–H and O–H groups in total. The predicted molar refractivity (Wildman–Crippen MR) is 76.1 cm³/mol. The number of ether oxygens (including phenoxy) is 1. The predicted octanol–water partition coefficient (Wildman–Crippen LogP) is 3.77. The lowest BCUT2D eigenvalue weighted by Gasteiger charge is -2.12. The Morgan fingerprint density at radius 3 is 2.47 bits per heavy atom. The van der Waals surface area contributed by atoms with Crippen molar-refractivity contribution in [2.24, 2.45) is 5.73 Å². The second-order valence-electron chi connectivity index (χ2n) is 3.14. The average Bonchev–Trinajstić information content (AvgIpc) is 2.42. The van der Waals surface area contributed by atoms with Crippen molar-refractivity contribution in [2.45, 2.75) is 27.3 Å². The molecule has 1 rings (SSSR count). The molecule has 0 spiro atoms. The summed E-state index contributed by atoms with van der Waals surface area (Å²) in [6.07, 6.45) is 3.84. The Labute approximate surface area is 105 Å². The molecule has 0 aliphatic heterocycles. The van der Waals surface area contributed by atoms with E-state index in [0.717, 1.165) is 22.4 Å². The van der Waals surface area contributed by atoms with E-state index in [-0.39, 0.29) is 0 Å². The van der Waals surface area contributed by atoms with Crippen LogP contribution in [0.4, 0.5) is 0 Å². The van der Waals surface area contributed by atoms with Crippen LogP contribution in [-0.4, -0.2) is 7.11 Å². The number of benzene rings is 1. The van der Waals surface area contributed by atoms with E-state index in [0.29, 0.717) is 6.54 Å². The number of allylic oxidation sites excluding steroid dienone is 3. The minimum absolute atomic E-state index is 0.463. The first kappa shape index (κ1) is 15.5. The Bertz CT molecular complexity index is 381. The van der Waals surface area contributed by atoms with Crippen molar-refractivity contribution in [1.29, 1.82) is 0 Å². The van der Waals surface area contributed by atoms with Crippen molar-refractivity contribution in [3.8, 4) is 5.75 Å². The molecule has 2 nitrogen and oxygen atoms in total. The van der Waals surface area contributed by atoms with Gasteiger partial charge in [0.25, 0.3) is 0 Å². The molecule has 0 aromatic heterocycles. The number of hydrogen-bond donors (Lipinski definition) is 1. The van der Waals surface area contributed by atoms with E-state index in [4.69, 9.17) is 10.5 Å². The molecule has 0 aliphatic carbocycles. The van der Waals surface area contributed by atoms with Crippen molar-refractivity contribution in [3.05, 3.63) is 48.1 Å². The van der Waals surface area contributed by atoms with Gasteiger partial charge in [-0.05, 0) is 24.1 Å². The summed E-state index contributed by atoms with van der Waals surface area (Å²) >= 11 is 0. The molecule has 1 aromatic rings. The molecule has 0 radical (unpaired) electrons. The van der Waals surface area contributed by atoms with Gasteiger partial charge in [0, 0.05) is 12.1 Å². The van der Waals surface area contributed by atoms with Gasteiger partial charge in [-0.3, -0.25) is 0 Å². The van der Waals surface area contributed by atoms with E-state index in [1.165, 1.54) is 0 Å². The first-order valence-corrected chi connectivity index (χ1v) is 5.93. The van der Waals surface area contributed by atoms with E-state index in [1.54, 1.807) is 7.11 Å². The van der Waals surface area contributed by atoms with Crippen LogP contribution in [0.5, 0.6) is 5.75 Å². The molecule has 94 valence electrons. The van der Waals surface area contributed by atoms with Crippen LogP contribution in [0.2, 0.25) is 0 Å². The Morgan fingerprint density at radius 2 is 2.06 bits per heavy atom. The zero-order chi connectivity index (χ0) is 13.3.